The summed E-state index contributed by atoms with van der Waals surface area (Å²) in [5, 5.41) is 0. The second-order valence-electron chi connectivity index (χ2n) is 6.80. The lowest BCUT2D eigenvalue weighted by molar-refractivity contribution is -0.137. The number of rotatable bonds is 3. The van der Waals surface area contributed by atoms with E-state index in [0.717, 1.165) is 18.7 Å². The smallest absolute Gasteiger partial charge is 0.277 e. The van der Waals surface area contributed by atoms with Gasteiger partial charge in [-0.3, -0.25) is 14.5 Å². The van der Waals surface area contributed by atoms with E-state index >= 15 is 0 Å². The van der Waals surface area contributed by atoms with E-state index in [1.165, 1.54) is 11.3 Å². The topological polar surface area (TPSA) is 40.6 Å². The minimum atomic E-state index is -0.162. The van der Waals surface area contributed by atoms with Crippen LogP contribution >= 0.6 is 0 Å². The molecule has 0 radical (unpaired) electrons. The lowest BCUT2D eigenvalue weighted by Crippen LogP contribution is -2.41. The Bertz CT molecular complexity index is 641. The Balaban J connectivity index is 2.08. The zero-order valence-corrected chi connectivity index (χ0v) is 14.1. The van der Waals surface area contributed by atoms with Crippen molar-refractivity contribution in [3.8, 4) is 0 Å². The molecule has 122 valence electrons. The Hall–Kier alpha value is -2.10. The molecule has 2 aliphatic heterocycles. The van der Waals surface area contributed by atoms with Crippen LogP contribution in [-0.2, 0) is 9.59 Å². The molecule has 2 amide bonds. The van der Waals surface area contributed by atoms with E-state index in [-0.39, 0.29) is 11.8 Å². The van der Waals surface area contributed by atoms with Gasteiger partial charge in [-0.1, -0.05) is 44.2 Å². The second-order valence-corrected chi connectivity index (χ2v) is 6.80. The Kier molecular flexibility index (Phi) is 4.24. The summed E-state index contributed by atoms with van der Waals surface area (Å²) in [7, 11) is 0. The number of amides is 2. The molecule has 0 spiro atoms. The Morgan fingerprint density at radius 3 is 2.17 bits per heavy atom. The van der Waals surface area contributed by atoms with Gasteiger partial charge >= 0.3 is 0 Å². The molecule has 23 heavy (non-hydrogen) atoms. The highest BCUT2D eigenvalue weighted by atomic mass is 16.2. The molecule has 3 rings (SSSR count). The molecular formula is C19H24N2O2. The minimum Gasteiger partial charge on any atom is -0.366 e. The normalized spacial score (nSPS) is 25.5. The van der Waals surface area contributed by atoms with Crippen LogP contribution in [0.15, 0.2) is 36.0 Å². The van der Waals surface area contributed by atoms with Gasteiger partial charge in [0.05, 0.1) is 5.57 Å². The average Bonchev–Trinajstić information content (AvgIpc) is 2.77. The van der Waals surface area contributed by atoms with Crippen molar-refractivity contribution in [3.63, 3.8) is 0 Å². The van der Waals surface area contributed by atoms with Gasteiger partial charge in [-0.15, -0.1) is 0 Å². The van der Waals surface area contributed by atoms with E-state index in [2.05, 4.69) is 18.7 Å². The number of hydrogen-bond donors (Lipinski definition) is 0. The third kappa shape index (κ3) is 2.78. The van der Waals surface area contributed by atoms with Crippen molar-refractivity contribution >= 4 is 17.4 Å². The molecule has 4 nitrogen and oxygen atoms in total. The summed E-state index contributed by atoms with van der Waals surface area (Å²) < 4.78 is 0. The van der Waals surface area contributed by atoms with E-state index < -0.39 is 0 Å². The molecule has 0 N–H and O–H groups in total. The monoisotopic (exact) mass is 312 g/mol. The van der Waals surface area contributed by atoms with Crippen LogP contribution < -0.4 is 0 Å². The van der Waals surface area contributed by atoms with Crippen LogP contribution in [0.3, 0.4) is 0 Å². The standard InChI is InChI=1S/C19H24N2O2/c1-4-21-18(22)16(15-8-6-5-7-9-15)17(19(21)23)20-11-13(2)10-14(3)12-20/h5-9,13-14H,4,10-12H2,1-3H3. The van der Waals surface area contributed by atoms with Crippen molar-refractivity contribution in [1.29, 1.82) is 0 Å². The van der Waals surface area contributed by atoms with Crippen LogP contribution in [0.5, 0.6) is 0 Å². The summed E-state index contributed by atoms with van der Waals surface area (Å²) >= 11 is 0. The van der Waals surface area contributed by atoms with Gasteiger partial charge in [-0.05, 0) is 30.7 Å². The molecule has 1 saturated heterocycles. The number of benzene rings is 1. The predicted octanol–water partition coefficient (Wildman–Crippen LogP) is 2.76. The summed E-state index contributed by atoms with van der Waals surface area (Å²) in [5.74, 6) is 0.755. The largest absolute Gasteiger partial charge is 0.366 e. The van der Waals surface area contributed by atoms with Crippen LogP contribution in [-0.4, -0.2) is 41.2 Å². The van der Waals surface area contributed by atoms with E-state index in [9.17, 15) is 9.59 Å². The van der Waals surface area contributed by atoms with Gasteiger partial charge in [0, 0.05) is 19.6 Å². The molecule has 0 saturated carbocycles. The van der Waals surface area contributed by atoms with E-state index in [0.29, 0.717) is 29.7 Å². The number of likely N-dealkylation sites (N-methyl/N-ethyl adjacent to an activating group) is 1. The first kappa shape index (κ1) is 15.8. The van der Waals surface area contributed by atoms with Crippen molar-refractivity contribution in [2.45, 2.75) is 27.2 Å². The van der Waals surface area contributed by atoms with Gasteiger partial charge < -0.3 is 4.90 Å². The Morgan fingerprint density at radius 2 is 1.61 bits per heavy atom. The summed E-state index contributed by atoms with van der Waals surface area (Å²) in [6, 6.07) is 9.57. The maximum Gasteiger partial charge on any atom is 0.277 e. The zero-order valence-electron chi connectivity index (χ0n) is 14.1. The molecule has 0 aromatic heterocycles. The average molecular weight is 312 g/mol. The van der Waals surface area contributed by atoms with Crippen LogP contribution in [0.4, 0.5) is 0 Å². The molecule has 0 aliphatic carbocycles. The number of likely N-dealkylation sites (tertiary alicyclic amines) is 1. The fourth-order valence-corrected chi connectivity index (χ4v) is 3.85. The molecule has 1 fully saturated rings. The molecule has 2 heterocycles. The number of nitrogens with zero attached hydrogens (tertiary/aromatic N) is 2. The number of imide groups is 1. The van der Waals surface area contributed by atoms with Gasteiger partial charge in [0.15, 0.2) is 0 Å². The van der Waals surface area contributed by atoms with E-state index in [1.54, 1.807) is 0 Å². The lowest BCUT2D eigenvalue weighted by Gasteiger charge is -2.37. The van der Waals surface area contributed by atoms with Gasteiger partial charge in [0.25, 0.3) is 11.8 Å². The maximum atomic E-state index is 12.8. The SMILES string of the molecule is CCN1C(=O)C(c2ccccc2)=C(N2CC(C)CC(C)C2)C1=O. The Labute approximate surface area is 137 Å². The zero-order chi connectivity index (χ0) is 16.6. The van der Waals surface area contributed by atoms with Crippen molar-refractivity contribution in [2.75, 3.05) is 19.6 Å². The van der Waals surface area contributed by atoms with E-state index in [1.807, 2.05) is 37.3 Å². The number of hydrogen-bond acceptors (Lipinski definition) is 3. The van der Waals surface area contributed by atoms with Crippen LogP contribution in [0, 0.1) is 11.8 Å². The molecule has 4 heteroatoms. The second kappa shape index (κ2) is 6.19. The van der Waals surface area contributed by atoms with Gasteiger partial charge in [0.2, 0.25) is 0 Å². The highest BCUT2D eigenvalue weighted by Gasteiger charge is 2.41. The molecule has 1 aromatic rings. The highest BCUT2D eigenvalue weighted by Crippen LogP contribution is 2.34. The first-order valence-corrected chi connectivity index (χ1v) is 8.43. The fourth-order valence-electron chi connectivity index (χ4n) is 3.85. The van der Waals surface area contributed by atoms with Gasteiger partial charge in [0.1, 0.15) is 5.70 Å². The molecule has 1 aromatic carbocycles. The van der Waals surface area contributed by atoms with Crippen molar-refractivity contribution in [1.82, 2.24) is 9.80 Å². The van der Waals surface area contributed by atoms with Crippen LogP contribution in [0.25, 0.3) is 5.57 Å². The summed E-state index contributed by atoms with van der Waals surface area (Å²) in [5.41, 5.74) is 2.00. The molecule has 2 atom stereocenters. The van der Waals surface area contributed by atoms with Crippen molar-refractivity contribution in [2.24, 2.45) is 11.8 Å². The summed E-state index contributed by atoms with van der Waals surface area (Å²) in [4.78, 5) is 29.1. The molecular weight excluding hydrogens is 288 g/mol. The minimum absolute atomic E-state index is 0.141. The number of carbonyl (C=O) groups is 2. The first-order chi connectivity index (χ1) is 11.0. The van der Waals surface area contributed by atoms with Gasteiger partial charge in [-0.2, -0.15) is 0 Å². The summed E-state index contributed by atoms with van der Waals surface area (Å²) in [6.07, 6.45) is 1.17. The highest BCUT2D eigenvalue weighted by molar-refractivity contribution is 6.35. The van der Waals surface area contributed by atoms with Gasteiger partial charge in [-0.25, -0.2) is 0 Å². The quantitative estimate of drug-likeness (QED) is 0.806. The number of carbonyl (C=O) groups excluding carboxylic acids is 2. The van der Waals surface area contributed by atoms with Crippen LogP contribution in [0.1, 0.15) is 32.8 Å². The number of piperidine rings is 1. The van der Waals surface area contributed by atoms with Crippen LogP contribution in [0.2, 0.25) is 0 Å². The first-order valence-electron chi connectivity index (χ1n) is 8.43. The molecule has 2 aliphatic rings. The van der Waals surface area contributed by atoms with Crippen molar-refractivity contribution < 1.29 is 9.59 Å². The third-order valence-electron chi connectivity index (χ3n) is 4.71. The fraction of sp³-hybridized carbons (Fsp3) is 0.474. The lowest BCUT2D eigenvalue weighted by atomic mass is 9.91. The Morgan fingerprint density at radius 1 is 1.00 bits per heavy atom. The predicted molar refractivity (Wildman–Crippen MR) is 90.3 cm³/mol. The maximum absolute atomic E-state index is 12.8. The van der Waals surface area contributed by atoms with E-state index in [4.69, 9.17) is 0 Å². The van der Waals surface area contributed by atoms with Crippen molar-refractivity contribution in [3.05, 3.63) is 41.6 Å². The molecule has 2 unspecified atom stereocenters. The molecule has 0 bridgehead atoms. The summed E-state index contributed by atoms with van der Waals surface area (Å²) in [6.45, 7) is 8.37. The third-order valence-corrected chi connectivity index (χ3v) is 4.71.